The van der Waals surface area contributed by atoms with Gasteiger partial charge in [-0.05, 0) is 67.7 Å². The maximum absolute atomic E-state index is 13.8. The monoisotopic (exact) mass is 498 g/mol. The lowest BCUT2D eigenvalue weighted by Crippen LogP contribution is -2.32. The summed E-state index contributed by atoms with van der Waals surface area (Å²) in [7, 11) is 0. The van der Waals surface area contributed by atoms with Gasteiger partial charge in [-0.15, -0.1) is 10.2 Å². The normalized spacial score (nSPS) is 26.1. The van der Waals surface area contributed by atoms with Gasteiger partial charge in [-0.25, -0.2) is 4.39 Å². The van der Waals surface area contributed by atoms with Crippen molar-refractivity contribution < 1.29 is 22.3 Å². The van der Waals surface area contributed by atoms with Gasteiger partial charge >= 0.3 is 6.18 Å². The van der Waals surface area contributed by atoms with Gasteiger partial charge in [0.1, 0.15) is 17.3 Å². The molecule has 1 N–H and O–H groups in total. The number of hydrogen-bond donors (Lipinski definition) is 1. The summed E-state index contributed by atoms with van der Waals surface area (Å²) in [4.78, 5) is 2.54. The van der Waals surface area contributed by atoms with Gasteiger partial charge in [0.05, 0.1) is 10.6 Å². The van der Waals surface area contributed by atoms with Gasteiger partial charge in [-0.3, -0.25) is 0 Å². The molecule has 1 aromatic carbocycles. The Labute approximate surface area is 200 Å². The molecule has 1 aliphatic carbocycles. The van der Waals surface area contributed by atoms with Crippen LogP contribution in [0.3, 0.4) is 0 Å². The van der Waals surface area contributed by atoms with E-state index in [-0.39, 0.29) is 22.4 Å². The quantitative estimate of drug-likeness (QED) is 0.551. The SMILES string of the molecule is Fc1ccc(Cl)c(-c2nnc(NC3CC4CN(CC5CCOCC5)C[C@H]4C3)cc2C(F)(F)F)c1. The summed E-state index contributed by atoms with van der Waals surface area (Å²) < 4.78 is 60.6. The van der Waals surface area contributed by atoms with Crippen LogP contribution in [0.2, 0.25) is 5.02 Å². The van der Waals surface area contributed by atoms with Crippen molar-refractivity contribution in [2.45, 2.75) is 37.9 Å². The van der Waals surface area contributed by atoms with E-state index < -0.39 is 23.3 Å². The van der Waals surface area contributed by atoms with E-state index in [4.69, 9.17) is 16.3 Å². The number of aromatic nitrogens is 2. The third-order valence-electron chi connectivity index (χ3n) is 7.32. The molecule has 5 rings (SSSR count). The lowest BCUT2D eigenvalue weighted by Gasteiger charge is -2.27. The van der Waals surface area contributed by atoms with Crippen LogP contribution in [0.15, 0.2) is 24.3 Å². The summed E-state index contributed by atoms with van der Waals surface area (Å²) in [6.45, 7) is 4.89. The van der Waals surface area contributed by atoms with Gasteiger partial charge < -0.3 is 15.0 Å². The number of fused-ring (bicyclic) bond motifs is 1. The summed E-state index contributed by atoms with van der Waals surface area (Å²) in [5, 5.41) is 10.9. The van der Waals surface area contributed by atoms with Crippen molar-refractivity contribution in [2.24, 2.45) is 17.8 Å². The summed E-state index contributed by atoms with van der Waals surface area (Å²) in [5.74, 6) is 1.16. The highest BCUT2D eigenvalue weighted by atomic mass is 35.5. The van der Waals surface area contributed by atoms with E-state index in [1.54, 1.807) is 0 Å². The maximum Gasteiger partial charge on any atom is 0.418 e. The standard InChI is InChI=1S/C24H27ClF4N4O/c25-21-2-1-17(26)9-19(21)23-20(24(27,28)29)10-22(31-32-23)30-18-7-15-12-33(13-16(15)8-18)11-14-3-5-34-6-4-14/h1-2,9-10,14-16,18H,3-8,11-13H2,(H,30,31)/t15-,16?,18?/m1/s1. The average molecular weight is 499 g/mol. The lowest BCUT2D eigenvalue weighted by molar-refractivity contribution is -0.137. The molecule has 1 aromatic heterocycles. The molecule has 0 spiro atoms. The van der Waals surface area contributed by atoms with Crippen LogP contribution in [0, 0.1) is 23.6 Å². The van der Waals surface area contributed by atoms with Crippen LogP contribution >= 0.6 is 11.6 Å². The first-order valence-electron chi connectivity index (χ1n) is 11.7. The van der Waals surface area contributed by atoms with Crippen molar-refractivity contribution in [1.29, 1.82) is 0 Å². The van der Waals surface area contributed by atoms with Crippen LogP contribution in [-0.2, 0) is 10.9 Å². The smallest absolute Gasteiger partial charge is 0.381 e. The van der Waals surface area contributed by atoms with Crippen molar-refractivity contribution in [3.05, 3.63) is 40.7 Å². The summed E-state index contributed by atoms with van der Waals surface area (Å²) in [6, 6.07) is 4.25. The number of anilines is 1. The molecule has 0 amide bonds. The zero-order valence-electron chi connectivity index (χ0n) is 18.6. The van der Waals surface area contributed by atoms with E-state index in [1.807, 2.05) is 0 Å². The number of rotatable bonds is 5. The molecule has 184 valence electrons. The van der Waals surface area contributed by atoms with Crippen LogP contribution in [0.4, 0.5) is 23.4 Å². The first kappa shape index (κ1) is 23.8. The van der Waals surface area contributed by atoms with Crippen LogP contribution in [0.1, 0.15) is 31.2 Å². The number of nitrogens with zero attached hydrogens (tertiary/aromatic N) is 3. The molecule has 0 bridgehead atoms. The molecule has 0 radical (unpaired) electrons. The second kappa shape index (κ2) is 9.59. The molecular formula is C24H27ClF4N4O. The van der Waals surface area contributed by atoms with Crippen molar-refractivity contribution >= 4 is 17.4 Å². The highest BCUT2D eigenvalue weighted by Crippen LogP contribution is 2.42. The van der Waals surface area contributed by atoms with Gasteiger partial charge in [0.2, 0.25) is 0 Å². The first-order chi connectivity index (χ1) is 16.3. The molecule has 3 aliphatic rings. The number of likely N-dealkylation sites (tertiary alicyclic amines) is 1. The van der Waals surface area contributed by atoms with Crippen molar-refractivity contribution in [1.82, 2.24) is 15.1 Å². The minimum Gasteiger partial charge on any atom is -0.381 e. The Balaban J connectivity index is 1.26. The fourth-order valence-corrected chi connectivity index (χ4v) is 5.93. The van der Waals surface area contributed by atoms with Crippen LogP contribution in [-0.4, -0.2) is 54.0 Å². The zero-order chi connectivity index (χ0) is 23.9. The molecule has 2 aromatic rings. The Morgan fingerprint density at radius 1 is 1.06 bits per heavy atom. The van der Waals surface area contributed by atoms with E-state index in [0.717, 1.165) is 76.7 Å². The number of halogens is 5. The largest absolute Gasteiger partial charge is 0.418 e. The van der Waals surface area contributed by atoms with Crippen LogP contribution in [0.25, 0.3) is 11.3 Å². The second-order valence-corrected chi connectivity index (χ2v) is 10.1. The Morgan fingerprint density at radius 2 is 1.76 bits per heavy atom. The maximum atomic E-state index is 13.8. The summed E-state index contributed by atoms with van der Waals surface area (Å²) in [5.41, 5.74) is -1.60. The Bertz CT molecular complexity index is 1020. The molecule has 1 saturated carbocycles. The van der Waals surface area contributed by atoms with Gasteiger partial charge in [-0.2, -0.15) is 13.2 Å². The van der Waals surface area contributed by atoms with E-state index in [0.29, 0.717) is 17.8 Å². The molecular weight excluding hydrogens is 472 g/mol. The van der Waals surface area contributed by atoms with Crippen molar-refractivity contribution in [2.75, 3.05) is 38.2 Å². The topological polar surface area (TPSA) is 50.3 Å². The average Bonchev–Trinajstić information content (AvgIpc) is 3.33. The molecule has 3 heterocycles. The van der Waals surface area contributed by atoms with E-state index in [9.17, 15) is 17.6 Å². The number of ether oxygens (including phenoxy) is 1. The summed E-state index contributed by atoms with van der Waals surface area (Å²) >= 11 is 6.03. The molecule has 2 saturated heterocycles. The van der Waals surface area contributed by atoms with Crippen LogP contribution in [0.5, 0.6) is 0 Å². The van der Waals surface area contributed by atoms with Gasteiger partial charge in [0, 0.05) is 44.5 Å². The van der Waals surface area contributed by atoms with Gasteiger partial charge in [-0.1, -0.05) is 11.6 Å². The second-order valence-electron chi connectivity index (χ2n) is 9.72. The van der Waals surface area contributed by atoms with E-state index in [2.05, 4.69) is 20.4 Å². The number of benzene rings is 1. The highest BCUT2D eigenvalue weighted by molar-refractivity contribution is 6.33. The van der Waals surface area contributed by atoms with Gasteiger partial charge in [0.25, 0.3) is 0 Å². The summed E-state index contributed by atoms with van der Waals surface area (Å²) in [6.07, 6.45) is -0.654. The number of hydrogen-bond acceptors (Lipinski definition) is 5. The molecule has 2 unspecified atom stereocenters. The van der Waals surface area contributed by atoms with Crippen molar-refractivity contribution in [3.63, 3.8) is 0 Å². The number of alkyl halides is 3. The Hall–Kier alpha value is -1.97. The fraction of sp³-hybridized carbons (Fsp3) is 0.583. The van der Waals surface area contributed by atoms with E-state index in [1.165, 1.54) is 6.07 Å². The zero-order valence-corrected chi connectivity index (χ0v) is 19.4. The molecule has 10 heteroatoms. The third kappa shape index (κ3) is 5.16. The minimum absolute atomic E-state index is 0.0177. The molecule has 3 atom stereocenters. The Kier molecular flexibility index (Phi) is 6.70. The third-order valence-corrected chi connectivity index (χ3v) is 7.65. The molecule has 34 heavy (non-hydrogen) atoms. The first-order valence-corrected chi connectivity index (χ1v) is 12.1. The van der Waals surface area contributed by atoms with Crippen LogP contribution < -0.4 is 5.32 Å². The minimum atomic E-state index is -4.69. The predicted octanol–water partition coefficient (Wildman–Crippen LogP) is 5.50. The molecule has 2 aliphatic heterocycles. The highest BCUT2D eigenvalue weighted by Gasteiger charge is 2.42. The van der Waals surface area contributed by atoms with Gasteiger partial charge in [0.15, 0.2) is 0 Å². The molecule has 5 nitrogen and oxygen atoms in total. The number of nitrogens with one attached hydrogen (secondary N) is 1. The van der Waals surface area contributed by atoms with E-state index >= 15 is 0 Å². The fourth-order valence-electron chi connectivity index (χ4n) is 5.72. The molecule has 3 fully saturated rings. The van der Waals surface area contributed by atoms with Crippen molar-refractivity contribution in [3.8, 4) is 11.3 Å². The Morgan fingerprint density at radius 3 is 2.44 bits per heavy atom. The predicted molar refractivity (Wildman–Crippen MR) is 121 cm³/mol. The lowest BCUT2D eigenvalue weighted by atomic mass is 10.00.